The van der Waals surface area contributed by atoms with Crippen LogP contribution in [0.1, 0.15) is 59.3 Å². The van der Waals surface area contributed by atoms with Crippen LogP contribution < -0.4 is 10.6 Å². The van der Waals surface area contributed by atoms with Crippen molar-refractivity contribution >= 4 is 6.09 Å². The Labute approximate surface area is 116 Å². The molecule has 2 aliphatic rings. The van der Waals surface area contributed by atoms with E-state index in [2.05, 4.69) is 10.6 Å². The lowest BCUT2D eigenvalue weighted by molar-refractivity contribution is 0.0488. The molecule has 0 saturated heterocycles. The number of carbonyl (C=O) groups excluding carboxylic acids is 1. The zero-order valence-corrected chi connectivity index (χ0v) is 12.5. The van der Waals surface area contributed by atoms with Crippen LogP contribution in [0.3, 0.4) is 0 Å². The summed E-state index contributed by atoms with van der Waals surface area (Å²) in [5.74, 6) is 0.916. The molecule has 0 aromatic heterocycles. The second kappa shape index (κ2) is 6.12. The van der Waals surface area contributed by atoms with Crippen molar-refractivity contribution in [3.05, 3.63) is 0 Å². The lowest BCUT2D eigenvalue weighted by Gasteiger charge is -2.31. The molecule has 110 valence electrons. The second-order valence-corrected chi connectivity index (χ2v) is 7.06. The number of amides is 1. The van der Waals surface area contributed by atoms with Gasteiger partial charge < -0.3 is 15.4 Å². The first-order valence-electron chi connectivity index (χ1n) is 7.65. The van der Waals surface area contributed by atoms with Crippen LogP contribution in [0.4, 0.5) is 4.79 Å². The standard InChI is InChI=1S/C15H28N2O2/c1-15(2,3)19-14(18)17-13-6-4-5-12(9-13)16-10-11-7-8-11/h11-13,16H,4-10H2,1-3H3,(H,17,18). The first-order chi connectivity index (χ1) is 8.92. The molecule has 2 unspecified atom stereocenters. The third kappa shape index (κ3) is 5.81. The van der Waals surface area contributed by atoms with Gasteiger partial charge in [-0.25, -0.2) is 4.79 Å². The van der Waals surface area contributed by atoms with E-state index in [1.807, 2.05) is 20.8 Å². The lowest BCUT2D eigenvalue weighted by Crippen LogP contribution is -2.46. The monoisotopic (exact) mass is 268 g/mol. The van der Waals surface area contributed by atoms with Crippen molar-refractivity contribution in [2.75, 3.05) is 6.54 Å². The Bertz CT molecular complexity index is 308. The Kier molecular flexibility index (Phi) is 4.71. The predicted octanol–water partition coefficient (Wildman–Crippen LogP) is 2.82. The van der Waals surface area contributed by atoms with Crippen LogP contribution in [0.25, 0.3) is 0 Å². The molecular formula is C15H28N2O2. The highest BCUT2D eigenvalue weighted by Crippen LogP contribution is 2.28. The summed E-state index contributed by atoms with van der Waals surface area (Å²) in [4.78, 5) is 11.8. The molecule has 2 N–H and O–H groups in total. The van der Waals surface area contributed by atoms with E-state index in [0.717, 1.165) is 25.3 Å². The van der Waals surface area contributed by atoms with Gasteiger partial charge in [-0.3, -0.25) is 0 Å². The van der Waals surface area contributed by atoms with Crippen molar-refractivity contribution in [3.8, 4) is 0 Å². The molecule has 2 aliphatic carbocycles. The summed E-state index contributed by atoms with van der Waals surface area (Å²) in [5, 5.41) is 6.65. The largest absolute Gasteiger partial charge is 0.444 e. The predicted molar refractivity (Wildman–Crippen MR) is 76.1 cm³/mol. The van der Waals surface area contributed by atoms with Crippen molar-refractivity contribution in [3.63, 3.8) is 0 Å². The fraction of sp³-hybridized carbons (Fsp3) is 0.933. The van der Waals surface area contributed by atoms with Crippen LogP contribution >= 0.6 is 0 Å². The van der Waals surface area contributed by atoms with Gasteiger partial charge in [-0.15, -0.1) is 0 Å². The first kappa shape index (κ1) is 14.6. The molecule has 1 amide bonds. The van der Waals surface area contributed by atoms with Crippen molar-refractivity contribution in [1.29, 1.82) is 0 Å². The molecule has 0 radical (unpaired) electrons. The molecule has 2 fully saturated rings. The minimum atomic E-state index is -0.414. The Morgan fingerprint density at radius 2 is 1.84 bits per heavy atom. The van der Waals surface area contributed by atoms with Crippen LogP contribution in [0.15, 0.2) is 0 Å². The van der Waals surface area contributed by atoms with E-state index < -0.39 is 5.60 Å². The highest BCUT2D eigenvalue weighted by atomic mass is 16.6. The van der Waals surface area contributed by atoms with E-state index in [0.29, 0.717) is 6.04 Å². The van der Waals surface area contributed by atoms with Gasteiger partial charge in [-0.1, -0.05) is 0 Å². The Morgan fingerprint density at radius 1 is 1.16 bits per heavy atom. The smallest absolute Gasteiger partial charge is 0.407 e. The molecular weight excluding hydrogens is 240 g/mol. The average Bonchev–Trinajstić information content (AvgIpc) is 3.07. The maximum absolute atomic E-state index is 11.8. The summed E-state index contributed by atoms with van der Waals surface area (Å²) in [6, 6.07) is 0.828. The Morgan fingerprint density at radius 3 is 2.47 bits per heavy atom. The molecule has 4 heteroatoms. The zero-order chi connectivity index (χ0) is 13.9. The quantitative estimate of drug-likeness (QED) is 0.824. The highest BCUT2D eigenvalue weighted by Gasteiger charge is 2.27. The number of hydrogen-bond acceptors (Lipinski definition) is 3. The minimum Gasteiger partial charge on any atom is -0.444 e. The number of alkyl carbamates (subject to hydrolysis) is 1. The Balaban J connectivity index is 1.69. The van der Waals surface area contributed by atoms with Crippen molar-refractivity contribution < 1.29 is 9.53 Å². The van der Waals surface area contributed by atoms with Crippen molar-refractivity contribution in [2.45, 2.75) is 77.0 Å². The molecule has 0 aliphatic heterocycles. The summed E-state index contributed by atoms with van der Waals surface area (Å²) in [5.41, 5.74) is -0.414. The topological polar surface area (TPSA) is 50.4 Å². The molecule has 2 atom stereocenters. The summed E-state index contributed by atoms with van der Waals surface area (Å²) in [6.07, 6.45) is 7.02. The Hall–Kier alpha value is -0.770. The van der Waals surface area contributed by atoms with E-state index in [1.165, 1.54) is 25.7 Å². The maximum atomic E-state index is 11.8. The van der Waals surface area contributed by atoms with E-state index in [-0.39, 0.29) is 12.1 Å². The number of hydrogen-bond donors (Lipinski definition) is 2. The average molecular weight is 268 g/mol. The summed E-state index contributed by atoms with van der Waals surface area (Å²) in [7, 11) is 0. The fourth-order valence-electron chi connectivity index (χ4n) is 2.64. The van der Waals surface area contributed by atoms with E-state index in [1.54, 1.807) is 0 Å². The number of carbonyl (C=O) groups is 1. The van der Waals surface area contributed by atoms with Gasteiger partial charge >= 0.3 is 6.09 Å². The fourth-order valence-corrected chi connectivity index (χ4v) is 2.64. The van der Waals surface area contributed by atoms with Crippen LogP contribution in [0.2, 0.25) is 0 Å². The SMILES string of the molecule is CC(C)(C)OC(=O)NC1CCCC(NCC2CC2)C1. The third-order valence-electron chi connectivity index (χ3n) is 3.79. The van der Waals surface area contributed by atoms with Gasteiger partial charge in [-0.2, -0.15) is 0 Å². The molecule has 2 saturated carbocycles. The molecule has 0 bridgehead atoms. The van der Waals surface area contributed by atoms with Crippen LogP contribution in [0, 0.1) is 5.92 Å². The van der Waals surface area contributed by atoms with Crippen LogP contribution in [0.5, 0.6) is 0 Å². The molecule has 19 heavy (non-hydrogen) atoms. The second-order valence-electron chi connectivity index (χ2n) is 7.06. The van der Waals surface area contributed by atoms with Crippen LogP contribution in [-0.4, -0.2) is 30.3 Å². The van der Waals surface area contributed by atoms with Gasteiger partial charge in [0, 0.05) is 12.1 Å². The van der Waals surface area contributed by atoms with Gasteiger partial charge in [0.2, 0.25) is 0 Å². The van der Waals surface area contributed by atoms with Gasteiger partial charge in [0.15, 0.2) is 0 Å². The normalized spacial score (nSPS) is 27.9. The van der Waals surface area contributed by atoms with Gasteiger partial charge in [0.1, 0.15) is 5.60 Å². The van der Waals surface area contributed by atoms with E-state index in [9.17, 15) is 4.79 Å². The van der Waals surface area contributed by atoms with Gasteiger partial charge in [-0.05, 0) is 71.8 Å². The van der Waals surface area contributed by atoms with E-state index in [4.69, 9.17) is 4.74 Å². The van der Waals surface area contributed by atoms with Crippen molar-refractivity contribution in [2.24, 2.45) is 5.92 Å². The van der Waals surface area contributed by atoms with Crippen LogP contribution in [-0.2, 0) is 4.74 Å². The summed E-state index contributed by atoms with van der Waals surface area (Å²) >= 11 is 0. The summed E-state index contributed by atoms with van der Waals surface area (Å²) < 4.78 is 5.31. The molecule has 0 spiro atoms. The minimum absolute atomic E-state index is 0.264. The molecule has 0 heterocycles. The molecule has 0 aromatic rings. The third-order valence-corrected chi connectivity index (χ3v) is 3.79. The molecule has 0 aromatic carbocycles. The highest BCUT2D eigenvalue weighted by molar-refractivity contribution is 5.68. The molecule has 2 rings (SSSR count). The van der Waals surface area contributed by atoms with E-state index >= 15 is 0 Å². The number of rotatable bonds is 4. The molecule has 4 nitrogen and oxygen atoms in total. The maximum Gasteiger partial charge on any atom is 0.407 e. The van der Waals surface area contributed by atoms with Crippen molar-refractivity contribution in [1.82, 2.24) is 10.6 Å². The first-order valence-corrected chi connectivity index (χ1v) is 7.65. The lowest BCUT2D eigenvalue weighted by atomic mass is 9.91. The zero-order valence-electron chi connectivity index (χ0n) is 12.5. The van der Waals surface area contributed by atoms with Gasteiger partial charge in [0.25, 0.3) is 0 Å². The van der Waals surface area contributed by atoms with Gasteiger partial charge in [0.05, 0.1) is 0 Å². The number of nitrogens with one attached hydrogen (secondary N) is 2. The number of ether oxygens (including phenoxy) is 1. The summed E-state index contributed by atoms with van der Waals surface area (Å²) in [6.45, 7) is 6.85.